The van der Waals surface area contributed by atoms with Crippen LogP contribution in [0.1, 0.15) is 0 Å². The van der Waals surface area contributed by atoms with Gasteiger partial charge in [0.2, 0.25) is 5.91 Å². The first kappa shape index (κ1) is 17.0. The Kier molecular flexibility index (Phi) is 5.33. The third-order valence-electron chi connectivity index (χ3n) is 2.65. The van der Waals surface area contributed by atoms with Crippen LogP contribution >= 0.6 is 11.6 Å². The standard InChI is InChI=1S/C15H12ClF3N2O2/c16-10-4-6-11(7-5-10)21-14(22)9-20-12-2-1-3-13(8-12)23-15(17,18)19/h1-8,20H,9H2,(H,21,22). The first-order valence-corrected chi connectivity index (χ1v) is 6.85. The topological polar surface area (TPSA) is 50.4 Å². The van der Waals surface area contributed by atoms with Crippen molar-refractivity contribution in [2.75, 3.05) is 17.2 Å². The molecule has 0 aliphatic rings. The molecule has 2 aromatic rings. The van der Waals surface area contributed by atoms with Crippen LogP contribution in [-0.4, -0.2) is 18.8 Å². The van der Waals surface area contributed by atoms with E-state index in [1.54, 1.807) is 24.3 Å². The minimum Gasteiger partial charge on any atom is -0.406 e. The number of nitrogens with one attached hydrogen (secondary N) is 2. The zero-order valence-electron chi connectivity index (χ0n) is 11.7. The van der Waals surface area contributed by atoms with Crippen molar-refractivity contribution in [3.05, 3.63) is 53.6 Å². The van der Waals surface area contributed by atoms with Crippen LogP contribution in [0.5, 0.6) is 5.75 Å². The average Bonchev–Trinajstić information content (AvgIpc) is 2.46. The lowest BCUT2D eigenvalue weighted by Gasteiger charge is -2.11. The Morgan fingerprint density at radius 3 is 2.43 bits per heavy atom. The van der Waals surface area contributed by atoms with Gasteiger partial charge in [0.05, 0.1) is 6.54 Å². The van der Waals surface area contributed by atoms with Crippen LogP contribution in [0.2, 0.25) is 5.02 Å². The summed E-state index contributed by atoms with van der Waals surface area (Å²) in [6, 6.07) is 11.8. The number of carbonyl (C=O) groups is 1. The molecule has 0 fully saturated rings. The fourth-order valence-electron chi connectivity index (χ4n) is 1.72. The van der Waals surface area contributed by atoms with Crippen LogP contribution in [0.3, 0.4) is 0 Å². The van der Waals surface area contributed by atoms with Crippen LogP contribution in [0.25, 0.3) is 0 Å². The van der Waals surface area contributed by atoms with E-state index in [0.29, 0.717) is 16.4 Å². The summed E-state index contributed by atoms with van der Waals surface area (Å²) in [5.74, 6) is -0.713. The van der Waals surface area contributed by atoms with Gasteiger partial charge in [-0.2, -0.15) is 0 Å². The number of hydrogen-bond acceptors (Lipinski definition) is 3. The van der Waals surface area contributed by atoms with Gasteiger partial charge in [-0.3, -0.25) is 4.79 Å². The number of benzene rings is 2. The smallest absolute Gasteiger partial charge is 0.406 e. The zero-order chi connectivity index (χ0) is 16.9. The van der Waals surface area contributed by atoms with Crippen molar-refractivity contribution in [1.82, 2.24) is 0 Å². The molecule has 122 valence electrons. The molecule has 0 bridgehead atoms. The molecular formula is C15H12ClF3N2O2. The van der Waals surface area contributed by atoms with E-state index in [4.69, 9.17) is 11.6 Å². The summed E-state index contributed by atoms with van der Waals surface area (Å²) in [4.78, 5) is 11.8. The van der Waals surface area contributed by atoms with Gasteiger partial charge in [0, 0.05) is 22.5 Å². The lowest BCUT2D eigenvalue weighted by molar-refractivity contribution is -0.274. The number of hydrogen-bond donors (Lipinski definition) is 2. The summed E-state index contributed by atoms with van der Waals surface area (Å²) >= 11 is 5.73. The second kappa shape index (κ2) is 7.23. The van der Waals surface area contributed by atoms with Crippen molar-refractivity contribution in [2.24, 2.45) is 0 Å². The molecule has 1 amide bonds. The normalized spacial score (nSPS) is 11.0. The molecule has 0 atom stereocenters. The predicted molar refractivity (Wildman–Crippen MR) is 81.7 cm³/mol. The number of halogens is 4. The lowest BCUT2D eigenvalue weighted by Crippen LogP contribution is -2.22. The Bertz CT molecular complexity index is 675. The monoisotopic (exact) mass is 344 g/mol. The first-order chi connectivity index (χ1) is 10.8. The molecule has 0 radical (unpaired) electrons. The highest BCUT2D eigenvalue weighted by Crippen LogP contribution is 2.24. The van der Waals surface area contributed by atoms with E-state index in [1.165, 1.54) is 18.2 Å². The quantitative estimate of drug-likeness (QED) is 0.850. The molecule has 2 N–H and O–H groups in total. The van der Waals surface area contributed by atoms with Gasteiger partial charge in [-0.1, -0.05) is 17.7 Å². The highest BCUT2D eigenvalue weighted by Gasteiger charge is 2.31. The van der Waals surface area contributed by atoms with E-state index in [0.717, 1.165) is 6.07 Å². The Morgan fingerprint density at radius 2 is 1.78 bits per heavy atom. The lowest BCUT2D eigenvalue weighted by atomic mass is 10.3. The molecule has 2 aromatic carbocycles. The van der Waals surface area contributed by atoms with Crippen LogP contribution in [0.4, 0.5) is 24.5 Å². The number of anilines is 2. The van der Waals surface area contributed by atoms with E-state index >= 15 is 0 Å². The van der Waals surface area contributed by atoms with Gasteiger partial charge in [-0.15, -0.1) is 13.2 Å². The van der Waals surface area contributed by atoms with Gasteiger partial charge in [0.25, 0.3) is 0 Å². The van der Waals surface area contributed by atoms with E-state index in [1.807, 2.05) is 0 Å². The van der Waals surface area contributed by atoms with Crippen LogP contribution in [-0.2, 0) is 4.79 Å². The third-order valence-corrected chi connectivity index (χ3v) is 2.90. The molecule has 0 unspecified atom stereocenters. The van der Waals surface area contributed by atoms with E-state index in [2.05, 4.69) is 15.4 Å². The van der Waals surface area contributed by atoms with Crippen molar-refractivity contribution < 1.29 is 22.7 Å². The Hall–Kier alpha value is -2.41. The van der Waals surface area contributed by atoms with Crippen molar-refractivity contribution in [1.29, 1.82) is 0 Å². The van der Waals surface area contributed by atoms with Gasteiger partial charge in [-0.05, 0) is 36.4 Å². The largest absolute Gasteiger partial charge is 0.573 e. The molecule has 0 aliphatic carbocycles. The van der Waals surface area contributed by atoms with Crippen LogP contribution < -0.4 is 15.4 Å². The van der Waals surface area contributed by atoms with E-state index in [9.17, 15) is 18.0 Å². The molecule has 0 saturated carbocycles. The molecule has 4 nitrogen and oxygen atoms in total. The first-order valence-electron chi connectivity index (χ1n) is 6.47. The number of rotatable bonds is 5. The van der Waals surface area contributed by atoms with E-state index in [-0.39, 0.29) is 18.2 Å². The summed E-state index contributed by atoms with van der Waals surface area (Å²) in [7, 11) is 0. The van der Waals surface area contributed by atoms with Crippen molar-refractivity contribution >= 4 is 28.9 Å². The maximum atomic E-state index is 12.1. The molecule has 2 rings (SSSR count). The van der Waals surface area contributed by atoms with Gasteiger partial charge in [0.15, 0.2) is 0 Å². The number of alkyl halides is 3. The van der Waals surface area contributed by atoms with Crippen molar-refractivity contribution in [3.8, 4) is 5.75 Å². The van der Waals surface area contributed by atoms with Crippen LogP contribution in [0.15, 0.2) is 48.5 Å². The van der Waals surface area contributed by atoms with Crippen LogP contribution in [0, 0.1) is 0 Å². The SMILES string of the molecule is O=C(CNc1cccc(OC(F)(F)F)c1)Nc1ccc(Cl)cc1. The predicted octanol–water partition coefficient (Wildman–Crippen LogP) is 4.29. The minimum absolute atomic E-state index is 0.113. The summed E-state index contributed by atoms with van der Waals surface area (Å²) in [5.41, 5.74) is 0.897. The molecule has 23 heavy (non-hydrogen) atoms. The van der Waals surface area contributed by atoms with E-state index < -0.39 is 6.36 Å². The highest BCUT2D eigenvalue weighted by atomic mass is 35.5. The second-order valence-corrected chi connectivity index (χ2v) is 4.92. The van der Waals surface area contributed by atoms with Gasteiger partial charge < -0.3 is 15.4 Å². The summed E-state index contributed by atoms with van der Waals surface area (Å²) in [5, 5.41) is 5.88. The number of carbonyl (C=O) groups excluding carboxylic acids is 1. The van der Waals surface area contributed by atoms with Gasteiger partial charge in [-0.25, -0.2) is 0 Å². The zero-order valence-corrected chi connectivity index (χ0v) is 12.4. The Morgan fingerprint density at radius 1 is 1.09 bits per heavy atom. The summed E-state index contributed by atoms with van der Waals surface area (Å²) < 4.78 is 40.2. The van der Waals surface area contributed by atoms with Crippen molar-refractivity contribution in [2.45, 2.75) is 6.36 Å². The molecular weight excluding hydrogens is 333 g/mol. The number of ether oxygens (including phenoxy) is 1. The van der Waals surface area contributed by atoms with Gasteiger partial charge in [0.1, 0.15) is 5.75 Å². The van der Waals surface area contributed by atoms with Crippen molar-refractivity contribution in [3.63, 3.8) is 0 Å². The highest BCUT2D eigenvalue weighted by molar-refractivity contribution is 6.30. The molecule has 0 heterocycles. The summed E-state index contributed by atoms with van der Waals surface area (Å²) in [6.07, 6.45) is -4.76. The maximum absolute atomic E-state index is 12.1. The van der Waals surface area contributed by atoms with Gasteiger partial charge >= 0.3 is 6.36 Å². The fourth-order valence-corrected chi connectivity index (χ4v) is 1.85. The number of amides is 1. The second-order valence-electron chi connectivity index (χ2n) is 4.48. The molecule has 0 aliphatic heterocycles. The molecule has 0 spiro atoms. The Labute approximate surface area is 135 Å². The minimum atomic E-state index is -4.76. The Balaban J connectivity index is 1.89. The fraction of sp³-hybridized carbons (Fsp3) is 0.133. The molecule has 0 aromatic heterocycles. The average molecular weight is 345 g/mol. The summed E-state index contributed by atoms with van der Waals surface area (Å²) in [6.45, 7) is -0.113. The third kappa shape index (κ3) is 6.07. The maximum Gasteiger partial charge on any atom is 0.573 e. The molecule has 0 saturated heterocycles. The molecule has 8 heteroatoms.